The first-order valence-corrected chi connectivity index (χ1v) is 7.04. The van der Waals surface area contributed by atoms with Crippen LogP contribution in [0.5, 0.6) is 0 Å². The first kappa shape index (κ1) is 15.8. The summed E-state index contributed by atoms with van der Waals surface area (Å²) in [5.41, 5.74) is 2.08. The van der Waals surface area contributed by atoms with Gasteiger partial charge in [-0.25, -0.2) is 0 Å². The molecule has 0 bridgehead atoms. The largest absolute Gasteiger partial charge is 0.456 e. The predicted octanol–water partition coefficient (Wildman–Crippen LogP) is 3.61. The average Bonchev–Trinajstić information content (AvgIpc) is 2.88. The van der Waals surface area contributed by atoms with Gasteiger partial charge in [0, 0.05) is 19.5 Å². The highest BCUT2D eigenvalue weighted by molar-refractivity contribution is 5.72. The van der Waals surface area contributed by atoms with Crippen LogP contribution in [0.2, 0.25) is 0 Å². The summed E-state index contributed by atoms with van der Waals surface area (Å²) in [6, 6.07) is 10.2. The van der Waals surface area contributed by atoms with Crippen molar-refractivity contribution in [3.63, 3.8) is 0 Å². The highest BCUT2D eigenvalue weighted by atomic mass is 16.6. The molecule has 0 spiro atoms. The van der Waals surface area contributed by atoms with E-state index in [9.17, 15) is 14.9 Å². The lowest BCUT2D eigenvalue weighted by Crippen LogP contribution is -2.11. The molecule has 0 aliphatic carbocycles. The topological polar surface area (TPSA) is 74.4 Å². The maximum Gasteiger partial charge on any atom is 0.306 e. The smallest absolute Gasteiger partial charge is 0.306 e. The first-order chi connectivity index (χ1) is 10.5. The summed E-state index contributed by atoms with van der Waals surface area (Å²) in [6.07, 6.45) is -0.0971. The third-order valence-electron chi connectivity index (χ3n) is 3.55. The zero-order chi connectivity index (χ0) is 16.3. The van der Waals surface area contributed by atoms with Crippen LogP contribution in [0, 0.1) is 10.1 Å². The van der Waals surface area contributed by atoms with E-state index in [1.165, 1.54) is 6.07 Å². The Labute approximate surface area is 128 Å². The number of hydrogen-bond donors (Lipinski definition) is 0. The van der Waals surface area contributed by atoms with Gasteiger partial charge in [-0.2, -0.15) is 0 Å². The minimum absolute atomic E-state index is 0.0495. The van der Waals surface area contributed by atoms with Gasteiger partial charge < -0.3 is 9.30 Å². The zero-order valence-electron chi connectivity index (χ0n) is 12.8. The molecule has 1 unspecified atom stereocenters. The minimum Gasteiger partial charge on any atom is -0.456 e. The van der Waals surface area contributed by atoms with E-state index in [1.54, 1.807) is 45.2 Å². The molecule has 0 saturated heterocycles. The third kappa shape index (κ3) is 3.00. The van der Waals surface area contributed by atoms with Crippen molar-refractivity contribution in [3.8, 4) is 11.3 Å². The van der Waals surface area contributed by atoms with E-state index in [-0.39, 0.29) is 11.7 Å². The molecule has 0 amide bonds. The SMILES string of the molecule is CCC(=O)OC(C)c1ccc(-c2ccccc2[N+](=O)[O-])n1C. The van der Waals surface area contributed by atoms with E-state index in [2.05, 4.69) is 0 Å². The fraction of sp³-hybridized carbons (Fsp3) is 0.312. The predicted molar refractivity (Wildman–Crippen MR) is 82.3 cm³/mol. The van der Waals surface area contributed by atoms with Crippen LogP contribution in [0.25, 0.3) is 11.3 Å². The van der Waals surface area contributed by atoms with E-state index in [1.807, 2.05) is 10.6 Å². The Morgan fingerprint density at radius 1 is 1.32 bits per heavy atom. The van der Waals surface area contributed by atoms with Crippen molar-refractivity contribution < 1.29 is 14.5 Å². The third-order valence-corrected chi connectivity index (χ3v) is 3.55. The van der Waals surface area contributed by atoms with Gasteiger partial charge in [0.25, 0.3) is 5.69 Å². The molecular weight excluding hydrogens is 284 g/mol. The van der Waals surface area contributed by atoms with E-state index >= 15 is 0 Å². The van der Waals surface area contributed by atoms with Crippen LogP contribution in [0.15, 0.2) is 36.4 Å². The number of nitro benzene ring substituents is 1. The summed E-state index contributed by atoms with van der Waals surface area (Å²) < 4.78 is 7.12. The van der Waals surface area contributed by atoms with Crippen molar-refractivity contribution >= 4 is 11.7 Å². The number of rotatable bonds is 5. The molecule has 2 rings (SSSR count). The molecule has 0 fully saturated rings. The summed E-state index contributed by atoms with van der Waals surface area (Å²) in [5, 5.41) is 11.2. The lowest BCUT2D eigenvalue weighted by atomic mass is 10.1. The maximum absolute atomic E-state index is 11.4. The van der Waals surface area contributed by atoms with Crippen molar-refractivity contribution in [3.05, 3.63) is 52.2 Å². The fourth-order valence-corrected chi connectivity index (χ4v) is 2.40. The van der Waals surface area contributed by atoms with Gasteiger partial charge in [0.05, 0.1) is 21.9 Å². The molecule has 0 aliphatic rings. The summed E-state index contributed by atoms with van der Waals surface area (Å²) in [4.78, 5) is 22.2. The summed E-state index contributed by atoms with van der Waals surface area (Å²) in [5.74, 6) is -0.277. The number of aromatic nitrogens is 1. The number of nitrogens with zero attached hydrogens (tertiary/aromatic N) is 2. The highest BCUT2D eigenvalue weighted by Gasteiger charge is 2.20. The second-order valence-electron chi connectivity index (χ2n) is 4.96. The van der Waals surface area contributed by atoms with Crippen LogP contribution in [0.1, 0.15) is 32.1 Å². The Balaban J connectivity index is 2.40. The molecular formula is C16H18N2O4. The zero-order valence-corrected chi connectivity index (χ0v) is 12.8. The van der Waals surface area contributed by atoms with Crippen molar-refractivity contribution in [2.24, 2.45) is 7.05 Å². The molecule has 22 heavy (non-hydrogen) atoms. The van der Waals surface area contributed by atoms with Crippen LogP contribution in [0.4, 0.5) is 5.69 Å². The van der Waals surface area contributed by atoms with Crippen LogP contribution >= 0.6 is 0 Å². The van der Waals surface area contributed by atoms with E-state index < -0.39 is 11.0 Å². The highest BCUT2D eigenvalue weighted by Crippen LogP contribution is 2.32. The summed E-state index contributed by atoms with van der Waals surface area (Å²) >= 11 is 0. The van der Waals surface area contributed by atoms with Crippen molar-refractivity contribution in [1.29, 1.82) is 0 Å². The molecule has 0 saturated carbocycles. The fourth-order valence-electron chi connectivity index (χ4n) is 2.40. The Morgan fingerprint density at radius 2 is 2.00 bits per heavy atom. The van der Waals surface area contributed by atoms with Crippen LogP contribution in [-0.2, 0) is 16.6 Å². The number of hydrogen-bond acceptors (Lipinski definition) is 4. The molecule has 1 aromatic heterocycles. The standard InChI is InChI=1S/C16H18N2O4/c1-4-16(19)22-11(2)13-9-10-14(17(13)3)12-7-5-6-8-15(12)18(20)21/h5-11H,4H2,1-3H3. The van der Waals surface area contributed by atoms with Crippen molar-refractivity contribution in [1.82, 2.24) is 4.57 Å². The monoisotopic (exact) mass is 302 g/mol. The van der Waals surface area contributed by atoms with Gasteiger partial charge in [0.2, 0.25) is 0 Å². The molecule has 2 aromatic rings. The quantitative estimate of drug-likeness (QED) is 0.480. The van der Waals surface area contributed by atoms with Crippen LogP contribution in [0.3, 0.4) is 0 Å². The number of para-hydroxylation sites is 1. The molecule has 0 N–H and O–H groups in total. The molecule has 1 heterocycles. The van der Waals surface area contributed by atoms with E-state index in [4.69, 9.17) is 4.74 Å². The van der Waals surface area contributed by atoms with Crippen LogP contribution in [-0.4, -0.2) is 15.5 Å². The van der Waals surface area contributed by atoms with Gasteiger partial charge in [0.15, 0.2) is 0 Å². The van der Waals surface area contributed by atoms with Gasteiger partial charge in [-0.15, -0.1) is 0 Å². The minimum atomic E-state index is -0.408. The maximum atomic E-state index is 11.4. The summed E-state index contributed by atoms with van der Waals surface area (Å²) in [7, 11) is 1.80. The Kier molecular flexibility index (Phi) is 4.60. The second-order valence-corrected chi connectivity index (χ2v) is 4.96. The van der Waals surface area contributed by atoms with Gasteiger partial charge in [-0.3, -0.25) is 14.9 Å². The van der Waals surface area contributed by atoms with Gasteiger partial charge in [-0.1, -0.05) is 19.1 Å². The molecule has 116 valence electrons. The van der Waals surface area contributed by atoms with Gasteiger partial charge >= 0.3 is 5.97 Å². The van der Waals surface area contributed by atoms with E-state index in [0.717, 1.165) is 5.69 Å². The summed E-state index contributed by atoms with van der Waals surface area (Å²) in [6.45, 7) is 3.52. The Bertz CT molecular complexity index is 706. The van der Waals surface area contributed by atoms with E-state index in [0.29, 0.717) is 17.7 Å². The van der Waals surface area contributed by atoms with Crippen molar-refractivity contribution in [2.45, 2.75) is 26.4 Å². The van der Waals surface area contributed by atoms with Gasteiger partial charge in [-0.05, 0) is 25.1 Å². The molecule has 0 radical (unpaired) electrons. The normalized spacial score (nSPS) is 12.0. The Morgan fingerprint density at radius 3 is 2.64 bits per heavy atom. The molecule has 1 aromatic carbocycles. The van der Waals surface area contributed by atoms with Crippen LogP contribution < -0.4 is 0 Å². The lowest BCUT2D eigenvalue weighted by molar-refractivity contribution is -0.384. The average molecular weight is 302 g/mol. The number of esters is 1. The number of carbonyl (C=O) groups excluding carboxylic acids is 1. The Hall–Kier alpha value is -2.63. The molecule has 6 nitrogen and oxygen atoms in total. The number of ether oxygens (including phenoxy) is 1. The number of benzene rings is 1. The lowest BCUT2D eigenvalue weighted by Gasteiger charge is -2.15. The van der Waals surface area contributed by atoms with Gasteiger partial charge in [0.1, 0.15) is 6.10 Å². The molecule has 1 atom stereocenters. The molecule has 0 aliphatic heterocycles. The number of carbonyl (C=O) groups is 1. The first-order valence-electron chi connectivity index (χ1n) is 7.04. The number of nitro groups is 1. The van der Waals surface area contributed by atoms with Crippen molar-refractivity contribution in [2.75, 3.05) is 0 Å². The second kappa shape index (κ2) is 6.43. The molecule has 6 heteroatoms.